The van der Waals surface area contributed by atoms with Crippen LogP contribution in [0.2, 0.25) is 0 Å². The molecule has 1 atom stereocenters. The van der Waals surface area contributed by atoms with Crippen molar-refractivity contribution in [1.29, 1.82) is 0 Å². The fraction of sp³-hybridized carbons (Fsp3) is 0.375. The van der Waals surface area contributed by atoms with Crippen LogP contribution >= 0.6 is 0 Å². The van der Waals surface area contributed by atoms with Gasteiger partial charge in [0, 0.05) is 11.3 Å². The van der Waals surface area contributed by atoms with Gasteiger partial charge in [0.25, 0.3) is 11.5 Å². The number of carbonyl (C=O) groups excluding carboxylic acids is 1. The second kappa shape index (κ2) is 5.81. The number of furan rings is 1. The van der Waals surface area contributed by atoms with E-state index in [1.807, 2.05) is 0 Å². The van der Waals surface area contributed by atoms with Gasteiger partial charge in [-0.25, -0.2) is 0 Å². The Hall–Kier alpha value is -2.34. The van der Waals surface area contributed by atoms with Crippen molar-refractivity contribution in [2.45, 2.75) is 33.3 Å². The van der Waals surface area contributed by atoms with Gasteiger partial charge >= 0.3 is 0 Å². The molecular weight excluding hydrogens is 284 g/mol. The van der Waals surface area contributed by atoms with E-state index in [0.717, 1.165) is 0 Å². The lowest BCUT2D eigenvalue weighted by Gasteiger charge is -2.23. The Kier molecular flexibility index (Phi) is 4.23. The van der Waals surface area contributed by atoms with E-state index in [-0.39, 0.29) is 12.1 Å². The van der Waals surface area contributed by atoms with E-state index in [1.165, 1.54) is 6.07 Å². The standard InChI is InChI=1S/C16H20N2O4/c1-9-5-6-12(15(20)18-9)14(19)17-8-16(4,21)13-7-10(2)22-11(13)3/h5-7,21H,8H2,1-4H3,(H,17,19)(H,18,20). The monoisotopic (exact) mass is 304 g/mol. The molecule has 0 aliphatic carbocycles. The van der Waals surface area contributed by atoms with Crippen LogP contribution in [0, 0.1) is 20.8 Å². The summed E-state index contributed by atoms with van der Waals surface area (Å²) in [6, 6.07) is 4.85. The van der Waals surface area contributed by atoms with Crippen molar-refractivity contribution in [2.24, 2.45) is 0 Å². The SMILES string of the molecule is Cc1ccc(C(=O)NCC(C)(O)c2cc(C)oc2C)c(=O)[nH]1. The molecule has 0 aromatic carbocycles. The van der Waals surface area contributed by atoms with Crippen molar-refractivity contribution < 1.29 is 14.3 Å². The summed E-state index contributed by atoms with van der Waals surface area (Å²) in [5.74, 6) is 0.762. The summed E-state index contributed by atoms with van der Waals surface area (Å²) in [6.07, 6.45) is 0. The number of hydrogen-bond acceptors (Lipinski definition) is 4. The van der Waals surface area contributed by atoms with Gasteiger partial charge in [0.05, 0.1) is 6.54 Å². The average Bonchev–Trinajstić information content (AvgIpc) is 2.76. The fourth-order valence-electron chi connectivity index (χ4n) is 2.36. The van der Waals surface area contributed by atoms with Gasteiger partial charge < -0.3 is 19.8 Å². The summed E-state index contributed by atoms with van der Waals surface area (Å²) in [5.41, 5.74) is -0.426. The summed E-state index contributed by atoms with van der Waals surface area (Å²) in [5, 5.41) is 13.1. The third-order valence-electron chi connectivity index (χ3n) is 3.51. The number of H-pyrrole nitrogens is 1. The second-order valence-electron chi connectivity index (χ2n) is 5.67. The molecule has 0 bridgehead atoms. The van der Waals surface area contributed by atoms with E-state index in [0.29, 0.717) is 22.8 Å². The summed E-state index contributed by atoms with van der Waals surface area (Å²) in [6.45, 7) is 6.83. The van der Waals surface area contributed by atoms with Gasteiger partial charge in [0.2, 0.25) is 0 Å². The number of aliphatic hydroxyl groups is 1. The molecule has 2 heterocycles. The highest BCUT2D eigenvalue weighted by atomic mass is 16.3. The number of carbonyl (C=O) groups is 1. The number of aromatic nitrogens is 1. The molecule has 6 nitrogen and oxygen atoms in total. The van der Waals surface area contributed by atoms with Crippen molar-refractivity contribution in [2.75, 3.05) is 6.54 Å². The highest BCUT2D eigenvalue weighted by Crippen LogP contribution is 2.26. The maximum absolute atomic E-state index is 12.1. The maximum Gasteiger partial charge on any atom is 0.260 e. The Labute approximate surface area is 128 Å². The number of nitrogens with one attached hydrogen (secondary N) is 2. The molecule has 2 rings (SSSR count). The highest BCUT2D eigenvalue weighted by molar-refractivity contribution is 5.93. The summed E-state index contributed by atoms with van der Waals surface area (Å²) in [4.78, 5) is 26.4. The molecule has 0 radical (unpaired) electrons. The van der Waals surface area contributed by atoms with Crippen LogP contribution in [0.15, 0.2) is 27.4 Å². The minimum Gasteiger partial charge on any atom is -0.466 e. The van der Waals surface area contributed by atoms with E-state index >= 15 is 0 Å². The highest BCUT2D eigenvalue weighted by Gasteiger charge is 2.28. The molecule has 2 aromatic rings. The van der Waals surface area contributed by atoms with Gasteiger partial charge in [-0.15, -0.1) is 0 Å². The molecule has 118 valence electrons. The van der Waals surface area contributed by atoms with Crippen LogP contribution in [-0.4, -0.2) is 22.5 Å². The number of rotatable bonds is 4. The lowest BCUT2D eigenvalue weighted by molar-refractivity contribution is 0.0513. The minimum atomic E-state index is -1.28. The number of aromatic amines is 1. The number of aryl methyl sites for hydroxylation is 3. The number of amides is 1. The molecule has 1 unspecified atom stereocenters. The molecule has 0 fully saturated rings. The largest absolute Gasteiger partial charge is 0.466 e. The molecule has 0 saturated heterocycles. The van der Waals surface area contributed by atoms with Crippen molar-refractivity contribution in [3.8, 4) is 0 Å². The van der Waals surface area contributed by atoms with Gasteiger partial charge in [0.1, 0.15) is 22.7 Å². The summed E-state index contributed by atoms with van der Waals surface area (Å²) >= 11 is 0. The quantitative estimate of drug-likeness (QED) is 0.798. The topological polar surface area (TPSA) is 95.3 Å². The molecule has 0 aliphatic heterocycles. The van der Waals surface area contributed by atoms with Crippen LogP contribution < -0.4 is 10.9 Å². The maximum atomic E-state index is 12.1. The molecule has 6 heteroatoms. The van der Waals surface area contributed by atoms with Crippen molar-refractivity contribution in [3.05, 3.63) is 56.9 Å². The summed E-state index contributed by atoms with van der Waals surface area (Å²) in [7, 11) is 0. The molecular formula is C16H20N2O4. The van der Waals surface area contributed by atoms with Crippen LogP contribution in [-0.2, 0) is 5.60 Å². The fourth-order valence-corrected chi connectivity index (χ4v) is 2.36. The first kappa shape index (κ1) is 16.0. The zero-order valence-electron chi connectivity index (χ0n) is 13.1. The van der Waals surface area contributed by atoms with E-state index in [2.05, 4.69) is 10.3 Å². The van der Waals surface area contributed by atoms with Gasteiger partial charge in [-0.05, 0) is 45.9 Å². The Morgan fingerprint density at radius 1 is 1.36 bits per heavy atom. The molecule has 1 amide bonds. The number of pyridine rings is 1. The first-order chi connectivity index (χ1) is 10.2. The Balaban J connectivity index is 2.13. The van der Waals surface area contributed by atoms with Crippen LogP contribution in [0.3, 0.4) is 0 Å². The lowest BCUT2D eigenvalue weighted by atomic mass is 9.96. The molecule has 0 spiro atoms. The number of hydrogen-bond donors (Lipinski definition) is 3. The van der Waals surface area contributed by atoms with Gasteiger partial charge in [-0.2, -0.15) is 0 Å². The van der Waals surface area contributed by atoms with E-state index in [4.69, 9.17) is 4.42 Å². The Bertz CT molecular complexity index is 756. The minimum absolute atomic E-state index is 0.0153. The first-order valence-electron chi connectivity index (χ1n) is 6.99. The van der Waals surface area contributed by atoms with Crippen molar-refractivity contribution in [3.63, 3.8) is 0 Å². The lowest BCUT2D eigenvalue weighted by Crippen LogP contribution is -2.40. The third-order valence-corrected chi connectivity index (χ3v) is 3.51. The second-order valence-corrected chi connectivity index (χ2v) is 5.67. The van der Waals surface area contributed by atoms with Gasteiger partial charge in [-0.1, -0.05) is 0 Å². The molecule has 22 heavy (non-hydrogen) atoms. The van der Waals surface area contributed by atoms with Crippen LogP contribution in [0.5, 0.6) is 0 Å². The smallest absolute Gasteiger partial charge is 0.260 e. The summed E-state index contributed by atoms with van der Waals surface area (Å²) < 4.78 is 5.40. The van der Waals surface area contributed by atoms with Crippen molar-refractivity contribution >= 4 is 5.91 Å². The normalized spacial score (nSPS) is 13.7. The molecule has 2 aromatic heterocycles. The van der Waals surface area contributed by atoms with Crippen molar-refractivity contribution in [1.82, 2.24) is 10.3 Å². The molecule has 3 N–H and O–H groups in total. The molecule has 0 saturated carbocycles. The predicted molar refractivity (Wildman–Crippen MR) is 81.9 cm³/mol. The van der Waals surface area contributed by atoms with E-state index in [9.17, 15) is 14.7 Å². The van der Waals surface area contributed by atoms with Crippen LogP contribution in [0.1, 0.15) is 40.1 Å². The first-order valence-corrected chi connectivity index (χ1v) is 6.99. The average molecular weight is 304 g/mol. The zero-order valence-corrected chi connectivity index (χ0v) is 13.1. The van der Waals surface area contributed by atoms with Crippen LogP contribution in [0.25, 0.3) is 0 Å². The zero-order chi connectivity index (χ0) is 16.5. The van der Waals surface area contributed by atoms with Gasteiger partial charge in [-0.3, -0.25) is 9.59 Å². The van der Waals surface area contributed by atoms with Crippen LogP contribution in [0.4, 0.5) is 0 Å². The third kappa shape index (κ3) is 3.28. The predicted octanol–water partition coefficient (Wildman–Crippen LogP) is 1.53. The van der Waals surface area contributed by atoms with Gasteiger partial charge in [0.15, 0.2) is 0 Å². The Morgan fingerprint density at radius 2 is 2.05 bits per heavy atom. The van der Waals surface area contributed by atoms with E-state index < -0.39 is 17.1 Å². The molecule has 0 aliphatic rings. The van der Waals surface area contributed by atoms with E-state index in [1.54, 1.807) is 39.8 Å². The Morgan fingerprint density at radius 3 is 2.59 bits per heavy atom.